The molecule has 0 fully saturated rings. The van der Waals surface area contributed by atoms with Gasteiger partial charge in [0, 0.05) is 24.1 Å². The molecule has 7 nitrogen and oxygen atoms in total. The number of anilines is 1. The van der Waals surface area contributed by atoms with E-state index in [4.69, 9.17) is 0 Å². The van der Waals surface area contributed by atoms with Crippen molar-refractivity contribution in [2.24, 2.45) is 0 Å². The molecule has 3 rings (SSSR count). The van der Waals surface area contributed by atoms with Gasteiger partial charge in [0.05, 0.1) is 11.9 Å². The Morgan fingerprint density at radius 2 is 2.04 bits per heavy atom. The molecule has 0 aromatic carbocycles. The Morgan fingerprint density at radius 3 is 2.74 bits per heavy atom. The fraction of sp³-hybridized carbons (Fsp3) is 0.250. The molecule has 0 saturated carbocycles. The number of rotatable bonds is 3. The third kappa shape index (κ3) is 2.73. The Morgan fingerprint density at radius 1 is 1.26 bits per heavy atom. The van der Waals surface area contributed by atoms with Crippen LogP contribution < -0.4 is 10.9 Å². The number of nitrogens with one attached hydrogen (secondary N) is 1. The highest BCUT2D eigenvalue weighted by atomic mass is 16.2. The summed E-state index contributed by atoms with van der Waals surface area (Å²) >= 11 is 0. The molecule has 1 amide bonds. The van der Waals surface area contributed by atoms with Crippen LogP contribution >= 0.6 is 0 Å². The monoisotopic (exact) mass is 311 g/mol. The van der Waals surface area contributed by atoms with E-state index in [0.717, 1.165) is 5.69 Å². The van der Waals surface area contributed by atoms with Gasteiger partial charge >= 0.3 is 0 Å². The normalized spacial score (nSPS) is 11.1. The topological polar surface area (TPSA) is 81.3 Å². The van der Waals surface area contributed by atoms with Crippen molar-refractivity contribution in [3.8, 4) is 0 Å². The van der Waals surface area contributed by atoms with Gasteiger partial charge in [-0.1, -0.05) is 6.07 Å². The quantitative estimate of drug-likeness (QED) is 0.802. The van der Waals surface area contributed by atoms with Gasteiger partial charge in [-0.25, -0.2) is 4.98 Å². The molecule has 23 heavy (non-hydrogen) atoms. The van der Waals surface area contributed by atoms with E-state index < -0.39 is 5.91 Å². The first-order valence-corrected chi connectivity index (χ1v) is 7.30. The molecule has 118 valence electrons. The molecular weight excluding hydrogens is 294 g/mol. The second-order valence-corrected chi connectivity index (χ2v) is 5.59. The third-order valence-corrected chi connectivity index (χ3v) is 3.56. The molecule has 0 unspecified atom stereocenters. The zero-order valence-electron chi connectivity index (χ0n) is 13.1. The second kappa shape index (κ2) is 5.68. The molecule has 0 atom stereocenters. The van der Waals surface area contributed by atoms with Crippen LogP contribution in [0, 0.1) is 6.92 Å². The van der Waals surface area contributed by atoms with Crippen LogP contribution in [-0.4, -0.2) is 25.1 Å². The molecule has 0 bridgehead atoms. The van der Waals surface area contributed by atoms with E-state index in [9.17, 15) is 9.59 Å². The van der Waals surface area contributed by atoms with E-state index in [1.165, 1.54) is 10.6 Å². The molecule has 0 saturated heterocycles. The summed E-state index contributed by atoms with van der Waals surface area (Å²) in [4.78, 5) is 29.1. The van der Waals surface area contributed by atoms with Crippen molar-refractivity contribution in [1.29, 1.82) is 0 Å². The summed E-state index contributed by atoms with van der Waals surface area (Å²) in [6.45, 7) is 5.77. The third-order valence-electron chi connectivity index (χ3n) is 3.56. The predicted molar refractivity (Wildman–Crippen MR) is 86.8 cm³/mol. The molecule has 3 aromatic rings. The van der Waals surface area contributed by atoms with Crippen molar-refractivity contribution in [3.05, 3.63) is 58.4 Å². The SMILES string of the molecule is Cc1cccc2ncc(C(=O)Nc3cnn(C(C)C)c3)c(=O)n12. The number of aryl methyl sites for hydroxylation is 1. The number of pyridine rings is 1. The lowest BCUT2D eigenvalue weighted by Gasteiger charge is -2.07. The Balaban J connectivity index is 1.96. The number of aromatic nitrogens is 4. The summed E-state index contributed by atoms with van der Waals surface area (Å²) in [5.74, 6) is -0.497. The van der Waals surface area contributed by atoms with E-state index in [-0.39, 0.29) is 17.2 Å². The molecule has 7 heteroatoms. The number of hydrogen-bond donors (Lipinski definition) is 1. The van der Waals surface area contributed by atoms with E-state index >= 15 is 0 Å². The summed E-state index contributed by atoms with van der Waals surface area (Å²) in [6, 6.07) is 5.53. The highest BCUT2D eigenvalue weighted by Crippen LogP contribution is 2.11. The predicted octanol–water partition coefficient (Wildman–Crippen LogP) is 2.03. The van der Waals surface area contributed by atoms with Crippen molar-refractivity contribution < 1.29 is 4.79 Å². The van der Waals surface area contributed by atoms with Crippen LogP contribution in [0.2, 0.25) is 0 Å². The largest absolute Gasteiger partial charge is 0.319 e. The molecular formula is C16H17N5O2. The minimum Gasteiger partial charge on any atom is -0.319 e. The second-order valence-electron chi connectivity index (χ2n) is 5.59. The Kier molecular flexibility index (Phi) is 3.69. The molecule has 0 radical (unpaired) electrons. The van der Waals surface area contributed by atoms with Gasteiger partial charge in [-0.05, 0) is 32.9 Å². The molecule has 1 N–H and O–H groups in total. The van der Waals surface area contributed by atoms with Gasteiger partial charge in [0.15, 0.2) is 0 Å². The maximum absolute atomic E-state index is 12.5. The van der Waals surface area contributed by atoms with Gasteiger partial charge < -0.3 is 5.32 Å². The first kappa shape index (κ1) is 15.0. The standard InChI is InChI=1S/C16H17N5O2/c1-10(2)20-9-12(7-18-20)19-15(22)13-8-17-14-6-4-5-11(3)21(14)16(13)23/h4-10H,1-3H3,(H,19,22). The summed E-state index contributed by atoms with van der Waals surface area (Å²) in [7, 11) is 0. The zero-order valence-corrected chi connectivity index (χ0v) is 13.1. The van der Waals surface area contributed by atoms with E-state index in [0.29, 0.717) is 11.3 Å². The molecule has 3 heterocycles. The molecule has 0 aliphatic rings. The van der Waals surface area contributed by atoms with Gasteiger partial charge in [0.1, 0.15) is 11.2 Å². The maximum Gasteiger partial charge on any atom is 0.270 e. The van der Waals surface area contributed by atoms with Crippen LogP contribution in [0.4, 0.5) is 5.69 Å². The molecule has 3 aromatic heterocycles. The van der Waals surface area contributed by atoms with Crippen molar-refractivity contribution in [2.45, 2.75) is 26.8 Å². The molecule has 0 aliphatic carbocycles. The zero-order chi connectivity index (χ0) is 16.6. The first-order valence-electron chi connectivity index (χ1n) is 7.30. The Hall–Kier alpha value is -2.96. The number of nitrogens with zero attached hydrogens (tertiary/aromatic N) is 4. The average Bonchev–Trinajstić information content (AvgIpc) is 2.96. The van der Waals surface area contributed by atoms with Gasteiger partial charge in [-0.3, -0.25) is 18.7 Å². The summed E-state index contributed by atoms with van der Waals surface area (Å²) < 4.78 is 3.15. The minimum absolute atomic E-state index is 0.00547. The fourth-order valence-electron chi connectivity index (χ4n) is 2.31. The smallest absolute Gasteiger partial charge is 0.270 e. The van der Waals surface area contributed by atoms with Gasteiger partial charge in [0.25, 0.3) is 11.5 Å². The highest BCUT2D eigenvalue weighted by Gasteiger charge is 2.15. The van der Waals surface area contributed by atoms with Crippen molar-refractivity contribution in [3.63, 3.8) is 0 Å². The lowest BCUT2D eigenvalue weighted by Crippen LogP contribution is -2.27. The summed E-state index contributed by atoms with van der Waals surface area (Å²) in [5.41, 5.74) is 1.38. The van der Waals surface area contributed by atoms with Crippen molar-refractivity contribution in [1.82, 2.24) is 19.2 Å². The van der Waals surface area contributed by atoms with Crippen LogP contribution in [0.25, 0.3) is 5.65 Å². The van der Waals surface area contributed by atoms with Gasteiger partial charge in [0.2, 0.25) is 0 Å². The lowest BCUT2D eigenvalue weighted by atomic mass is 10.2. The Bertz CT molecular complexity index is 939. The maximum atomic E-state index is 12.5. The van der Waals surface area contributed by atoms with Crippen molar-refractivity contribution in [2.75, 3.05) is 5.32 Å². The first-order chi connectivity index (χ1) is 11.0. The van der Waals surface area contributed by atoms with E-state index in [2.05, 4.69) is 15.4 Å². The van der Waals surface area contributed by atoms with Crippen molar-refractivity contribution >= 4 is 17.2 Å². The van der Waals surface area contributed by atoms with Crippen LogP contribution in [0.5, 0.6) is 0 Å². The number of carbonyl (C=O) groups is 1. The fourth-order valence-corrected chi connectivity index (χ4v) is 2.31. The number of amides is 1. The summed E-state index contributed by atoms with van der Waals surface area (Å²) in [5, 5.41) is 6.83. The average molecular weight is 311 g/mol. The highest BCUT2D eigenvalue weighted by molar-refractivity contribution is 6.03. The Labute approximate surface area is 132 Å². The number of fused-ring (bicyclic) bond motifs is 1. The lowest BCUT2D eigenvalue weighted by molar-refractivity contribution is 0.102. The van der Waals surface area contributed by atoms with Crippen LogP contribution in [0.3, 0.4) is 0 Å². The van der Waals surface area contributed by atoms with Crippen LogP contribution in [-0.2, 0) is 0 Å². The molecule has 0 aliphatic heterocycles. The van der Waals surface area contributed by atoms with E-state index in [1.807, 2.05) is 19.9 Å². The van der Waals surface area contributed by atoms with Crippen LogP contribution in [0.1, 0.15) is 35.9 Å². The van der Waals surface area contributed by atoms with Crippen LogP contribution in [0.15, 0.2) is 41.6 Å². The van der Waals surface area contributed by atoms with Gasteiger partial charge in [-0.15, -0.1) is 0 Å². The van der Waals surface area contributed by atoms with E-state index in [1.54, 1.807) is 36.1 Å². The number of hydrogen-bond acceptors (Lipinski definition) is 4. The molecule has 0 spiro atoms. The van der Waals surface area contributed by atoms with Gasteiger partial charge in [-0.2, -0.15) is 5.10 Å². The summed E-state index contributed by atoms with van der Waals surface area (Å²) in [6.07, 6.45) is 4.58. The number of carbonyl (C=O) groups excluding carboxylic acids is 1. The minimum atomic E-state index is -0.497.